The van der Waals surface area contributed by atoms with Crippen LogP contribution in [0.5, 0.6) is 0 Å². The molecule has 1 heterocycles. The Morgan fingerprint density at radius 3 is 2.94 bits per heavy atom. The first kappa shape index (κ1) is 12.5. The fourth-order valence-corrected chi connectivity index (χ4v) is 1.32. The van der Waals surface area contributed by atoms with Crippen molar-refractivity contribution in [1.82, 2.24) is 10.3 Å². The largest absolute Gasteiger partial charge is 0.347 e. The van der Waals surface area contributed by atoms with E-state index in [0.29, 0.717) is 17.1 Å². The first-order valence-corrected chi connectivity index (χ1v) is 5.41. The van der Waals surface area contributed by atoms with Crippen molar-refractivity contribution in [2.45, 2.75) is 25.8 Å². The number of hydrogen-bond acceptors (Lipinski definition) is 2. The van der Waals surface area contributed by atoms with Crippen LogP contribution in [0.4, 0.5) is 0 Å². The third kappa shape index (κ3) is 3.56. The van der Waals surface area contributed by atoms with Gasteiger partial charge in [0.1, 0.15) is 5.69 Å². The summed E-state index contributed by atoms with van der Waals surface area (Å²) in [6, 6.07) is 3.21. The molecule has 0 spiro atoms. The van der Waals surface area contributed by atoms with Crippen molar-refractivity contribution in [3.63, 3.8) is 0 Å². The van der Waals surface area contributed by atoms with E-state index in [1.165, 1.54) is 6.20 Å². The van der Waals surface area contributed by atoms with E-state index in [0.717, 1.165) is 6.42 Å². The van der Waals surface area contributed by atoms with Crippen LogP contribution >= 0.6 is 11.6 Å². The molecule has 1 N–H and O–H groups in total. The number of aromatic nitrogens is 1. The summed E-state index contributed by atoms with van der Waals surface area (Å²) < 4.78 is 0. The standard InChI is InChI=1S/C12H13ClN2O/c1-3-5-10(4-2)15-12(16)11-7-6-9(13)8-14-11/h1,6-8,10H,4-5H2,2H3,(H,15,16). The van der Waals surface area contributed by atoms with Gasteiger partial charge in [-0.05, 0) is 18.6 Å². The second kappa shape index (κ2) is 6.14. The Morgan fingerprint density at radius 2 is 2.44 bits per heavy atom. The van der Waals surface area contributed by atoms with Gasteiger partial charge in [0, 0.05) is 18.7 Å². The zero-order chi connectivity index (χ0) is 12.0. The third-order valence-corrected chi connectivity index (χ3v) is 2.38. The molecule has 84 valence electrons. The summed E-state index contributed by atoms with van der Waals surface area (Å²) in [6.07, 6.45) is 7.97. The van der Waals surface area contributed by atoms with Crippen LogP contribution in [0.2, 0.25) is 5.02 Å². The van der Waals surface area contributed by atoms with Crippen molar-refractivity contribution in [3.8, 4) is 12.3 Å². The van der Waals surface area contributed by atoms with Crippen LogP contribution in [0, 0.1) is 12.3 Å². The third-order valence-electron chi connectivity index (χ3n) is 2.15. The van der Waals surface area contributed by atoms with Crippen molar-refractivity contribution in [3.05, 3.63) is 29.0 Å². The summed E-state index contributed by atoms with van der Waals surface area (Å²) in [5.74, 6) is 2.31. The van der Waals surface area contributed by atoms with Crippen molar-refractivity contribution >= 4 is 17.5 Å². The molecule has 1 aromatic heterocycles. The fourth-order valence-electron chi connectivity index (χ4n) is 1.21. The number of nitrogens with zero attached hydrogens (tertiary/aromatic N) is 1. The van der Waals surface area contributed by atoms with Gasteiger partial charge in [-0.15, -0.1) is 12.3 Å². The Kier molecular flexibility index (Phi) is 4.81. The molecule has 0 aliphatic heterocycles. The molecule has 0 saturated heterocycles. The summed E-state index contributed by atoms with van der Waals surface area (Å²) in [5.41, 5.74) is 0.347. The summed E-state index contributed by atoms with van der Waals surface area (Å²) in [6.45, 7) is 1.97. The fraction of sp³-hybridized carbons (Fsp3) is 0.333. The number of nitrogens with one attached hydrogen (secondary N) is 1. The molecule has 1 rings (SSSR count). The summed E-state index contributed by atoms with van der Waals surface area (Å²) in [7, 11) is 0. The molecule has 0 aliphatic rings. The van der Waals surface area contributed by atoms with Gasteiger partial charge in [0.05, 0.1) is 5.02 Å². The van der Waals surface area contributed by atoms with Crippen molar-refractivity contribution in [1.29, 1.82) is 0 Å². The smallest absolute Gasteiger partial charge is 0.270 e. The number of carbonyl (C=O) groups excluding carboxylic acids is 1. The lowest BCUT2D eigenvalue weighted by Crippen LogP contribution is -2.34. The highest BCUT2D eigenvalue weighted by molar-refractivity contribution is 6.30. The molecule has 0 bridgehead atoms. The number of hydrogen-bond donors (Lipinski definition) is 1. The maximum Gasteiger partial charge on any atom is 0.270 e. The molecule has 0 saturated carbocycles. The molecular formula is C12H13ClN2O. The van der Waals surface area contributed by atoms with E-state index < -0.39 is 0 Å². The molecule has 4 heteroatoms. The molecule has 0 radical (unpaired) electrons. The van der Waals surface area contributed by atoms with Gasteiger partial charge in [-0.3, -0.25) is 4.79 Å². The van der Waals surface area contributed by atoms with Crippen LogP contribution in [0.3, 0.4) is 0 Å². The summed E-state index contributed by atoms with van der Waals surface area (Å²) in [4.78, 5) is 15.6. The predicted molar refractivity (Wildman–Crippen MR) is 64.2 cm³/mol. The molecule has 3 nitrogen and oxygen atoms in total. The van der Waals surface area contributed by atoms with Crippen LogP contribution in [-0.4, -0.2) is 16.9 Å². The van der Waals surface area contributed by atoms with E-state index in [9.17, 15) is 4.79 Å². The number of rotatable bonds is 4. The first-order valence-electron chi connectivity index (χ1n) is 5.03. The second-order valence-electron chi connectivity index (χ2n) is 3.35. The molecule has 16 heavy (non-hydrogen) atoms. The molecule has 0 aromatic carbocycles. The Labute approximate surface area is 100 Å². The number of pyridine rings is 1. The van der Waals surface area contributed by atoms with Crippen molar-refractivity contribution < 1.29 is 4.79 Å². The normalized spacial score (nSPS) is 11.6. The summed E-state index contributed by atoms with van der Waals surface area (Å²) in [5, 5.41) is 3.32. The van der Waals surface area contributed by atoms with Crippen LogP contribution in [0.25, 0.3) is 0 Å². The van der Waals surface area contributed by atoms with E-state index in [-0.39, 0.29) is 11.9 Å². The van der Waals surface area contributed by atoms with E-state index >= 15 is 0 Å². The van der Waals surface area contributed by atoms with Gasteiger partial charge >= 0.3 is 0 Å². The first-order chi connectivity index (χ1) is 7.67. The lowest BCUT2D eigenvalue weighted by molar-refractivity contribution is 0.0931. The lowest BCUT2D eigenvalue weighted by atomic mass is 10.1. The van der Waals surface area contributed by atoms with E-state index in [1.807, 2.05) is 6.92 Å². The Hall–Kier alpha value is -1.53. The van der Waals surface area contributed by atoms with E-state index in [2.05, 4.69) is 16.2 Å². The van der Waals surface area contributed by atoms with Crippen LogP contribution < -0.4 is 5.32 Å². The Balaban J connectivity index is 2.65. The molecule has 1 atom stereocenters. The minimum absolute atomic E-state index is 0.00465. The zero-order valence-corrected chi connectivity index (χ0v) is 9.79. The molecule has 1 amide bonds. The molecular weight excluding hydrogens is 224 g/mol. The number of halogens is 1. The van der Waals surface area contributed by atoms with Gasteiger partial charge in [0.15, 0.2) is 0 Å². The van der Waals surface area contributed by atoms with E-state index in [4.69, 9.17) is 18.0 Å². The van der Waals surface area contributed by atoms with Gasteiger partial charge in [-0.1, -0.05) is 18.5 Å². The van der Waals surface area contributed by atoms with Crippen LogP contribution in [0.1, 0.15) is 30.3 Å². The highest BCUT2D eigenvalue weighted by Crippen LogP contribution is 2.06. The predicted octanol–water partition coefficient (Wildman–Crippen LogP) is 2.27. The lowest BCUT2D eigenvalue weighted by Gasteiger charge is -2.13. The van der Waals surface area contributed by atoms with Gasteiger partial charge in [-0.2, -0.15) is 0 Å². The Bertz CT molecular complexity index is 394. The maximum absolute atomic E-state index is 11.7. The number of terminal acetylenes is 1. The minimum atomic E-state index is -0.223. The molecule has 0 aliphatic carbocycles. The highest BCUT2D eigenvalue weighted by atomic mass is 35.5. The van der Waals surface area contributed by atoms with Crippen LogP contribution in [-0.2, 0) is 0 Å². The molecule has 0 fully saturated rings. The number of carbonyl (C=O) groups is 1. The SMILES string of the molecule is C#CCC(CC)NC(=O)c1ccc(Cl)cn1. The van der Waals surface area contributed by atoms with Gasteiger partial charge in [0.25, 0.3) is 5.91 Å². The van der Waals surface area contributed by atoms with Crippen LogP contribution in [0.15, 0.2) is 18.3 Å². The zero-order valence-electron chi connectivity index (χ0n) is 9.03. The quantitative estimate of drug-likeness (QED) is 0.815. The van der Waals surface area contributed by atoms with Gasteiger partial charge in [-0.25, -0.2) is 4.98 Å². The molecule has 1 aromatic rings. The average molecular weight is 237 g/mol. The van der Waals surface area contributed by atoms with Crippen molar-refractivity contribution in [2.75, 3.05) is 0 Å². The monoisotopic (exact) mass is 236 g/mol. The maximum atomic E-state index is 11.7. The van der Waals surface area contributed by atoms with Crippen molar-refractivity contribution in [2.24, 2.45) is 0 Å². The van der Waals surface area contributed by atoms with Gasteiger partial charge in [0.2, 0.25) is 0 Å². The topological polar surface area (TPSA) is 42.0 Å². The second-order valence-corrected chi connectivity index (χ2v) is 3.78. The average Bonchev–Trinajstić information content (AvgIpc) is 2.29. The van der Waals surface area contributed by atoms with E-state index in [1.54, 1.807) is 12.1 Å². The summed E-state index contributed by atoms with van der Waals surface area (Å²) >= 11 is 5.68. The van der Waals surface area contributed by atoms with Gasteiger partial charge < -0.3 is 5.32 Å². The minimum Gasteiger partial charge on any atom is -0.347 e. The number of amides is 1. The molecule has 1 unspecified atom stereocenters. The Morgan fingerprint density at radius 1 is 1.69 bits per heavy atom. The highest BCUT2D eigenvalue weighted by Gasteiger charge is 2.11.